The van der Waals surface area contributed by atoms with Crippen molar-refractivity contribution >= 4 is 33.5 Å². The van der Waals surface area contributed by atoms with Gasteiger partial charge in [-0.05, 0) is 35.7 Å². The highest BCUT2D eigenvalue weighted by Crippen LogP contribution is 2.44. The first kappa shape index (κ1) is 22.9. The van der Waals surface area contributed by atoms with Gasteiger partial charge in [0.15, 0.2) is 23.6 Å². The van der Waals surface area contributed by atoms with Gasteiger partial charge in [0.05, 0.1) is 7.11 Å². The predicted octanol–water partition coefficient (Wildman–Crippen LogP) is 4.10. The van der Waals surface area contributed by atoms with Gasteiger partial charge in [0.25, 0.3) is 5.91 Å². The van der Waals surface area contributed by atoms with E-state index in [1.165, 1.54) is 12.0 Å². The number of halogens is 1. The molecule has 2 aromatic rings. The van der Waals surface area contributed by atoms with Crippen LogP contribution in [0.2, 0.25) is 0 Å². The summed E-state index contributed by atoms with van der Waals surface area (Å²) in [5, 5.41) is 10.2. The predicted molar refractivity (Wildman–Crippen MR) is 122 cm³/mol. The number of carbonyl (C=O) groups is 2. The number of carboxylic acids is 1. The van der Waals surface area contributed by atoms with Crippen molar-refractivity contribution in [3.8, 4) is 11.5 Å². The third-order valence-corrected chi connectivity index (χ3v) is 5.75. The minimum absolute atomic E-state index is 0.143. The maximum Gasteiger partial charge on any atom is 0.331 e. The molecule has 0 bridgehead atoms. The van der Waals surface area contributed by atoms with E-state index in [1.807, 2.05) is 57.1 Å². The van der Waals surface area contributed by atoms with Crippen molar-refractivity contribution in [2.45, 2.75) is 32.5 Å². The molecular formula is C23H27BrN2O5. The number of carboxylic acid groups (broad SMARTS) is 1. The Hall–Kier alpha value is -2.74. The minimum atomic E-state index is -1.22. The quantitative estimate of drug-likeness (QED) is 0.656. The van der Waals surface area contributed by atoms with E-state index in [0.29, 0.717) is 15.8 Å². The van der Waals surface area contributed by atoms with Crippen LogP contribution in [0.5, 0.6) is 11.5 Å². The van der Waals surface area contributed by atoms with Crippen LogP contribution in [0.25, 0.3) is 0 Å². The van der Waals surface area contributed by atoms with Crippen LogP contribution in [-0.2, 0) is 16.1 Å². The molecule has 3 rings (SSSR count). The number of nitrogens with zero attached hydrogens (tertiary/aromatic N) is 2. The molecule has 7 nitrogen and oxygen atoms in total. The molecular weight excluding hydrogens is 464 g/mol. The van der Waals surface area contributed by atoms with Crippen molar-refractivity contribution in [2.24, 2.45) is 5.92 Å². The third-order valence-electron chi connectivity index (χ3n) is 5.29. The van der Waals surface area contributed by atoms with Crippen molar-refractivity contribution in [2.75, 3.05) is 26.1 Å². The SMILES string of the molecule is COc1cc(Br)cc2c1OC(C(C)C)C(=O)N(Cc1ccc(N(C)C)cc1)C2C(=O)O. The molecule has 1 N–H and O–H groups in total. The van der Waals surface area contributed by atoms with Crippen LogP contribution in [0.1, 0.15) is 31.0 Å². The molecule has 0 aromatic heterocycles. The summed E-state index contributed by atoms with van der Waals surface area (Å²) in [6.07, 6.45) is -0.834. The molecule has 8 heteroatoms. The van der Waals surface area contributed by atoms with Gasteiger partial charge in [0.2, 0.25) is 0 Å². The Bertz CT molecular complexity index is 975. The number of ether oxygens (including phenoxy) is 2. The summed E-state index contributed by atoms with van der Waals surface area (Å²) in [5.74, 6) is -0.997. The lowest BCUT2D eigenvalue weighted by atomic mass is 10.0. The molecule has 0 spiro atoms. The second-order valence-electron chi connectivity index (χ2n) is 8.08. The fourth-order valence-corrected chi connectivity index (χ4v) is 4.11. The number of aliphatic carboxylic acids is 1. The summed E-state index contributed by atoms with van der Waals surface area (Å²) < 4.78 is 12.2. The Balaban J connectivity index is 2.13. The standard InChI is InChI=1S/C23H27BrN2O5/c1-13(2)20-22(27)26(12-14-6-8-16(9-7-14)25(3)4)19(23(28)29)17-10-15(24)11-18(30-5)21(17)31-20/h6-11,13,19-20H,12H2,1-5H3,(H,28,29). The molecule has 1 aliphatic rings. The van der Waals surface area contributed by atoms with E-state index >= 15 is 0 Å². The summed E-state index contributed by atoms with van der Waals surface area (Å²) in [7, 11) is 5.38. The fourth-order valence-electron chi connectivity index (χ4n) is 3.66. The van der Waals surface area contributed by atoms with Gasteiger partial charge in [-0.3, -0.25) is 4.79 Å². The van der Waals surface area contributed by atoms with Gasteiger partial charge in [0.1, 0.15) is 0 Å². The number of anilines is 1. The second-order valence-corrected chi connectivity index (χ2v) is 8.99. The number of hydrogen-bond donors (Lipinski definition) is 1. The summed E-state index contributed by atoms with van der Waals surface area (Å²) in [6.45, 7) is 3.89. The van der Waals surface area contributed by atoms with E-state index in [1.54, 1.807) is 12.1 Å². The summed E-state index contributed by atoms with van der Waals surface area (Å²) >= 11 is 3.42. The van der Waals surface area contributed by atoms with Gasteiger partial charge < -0.3 is 24.4 Å². The van der Waals surface area contributed by atoms with Crippen molar-refractivity contribution in [3.63, 3.8) is 0 Å². The fraction of sp³-hybridized carbons (Fsp3) is 0.391. The molecule has 31 heavy (non-hydrogen) atoms. The van der Waals surface area contributed by atoms with E-state index < -0.39 is 18.1 Å². The molecule has 0 saturated carbocycles. The smallest absolute Gasteiger partial charge is 0.331 e. The van der Waals surface area contributed by atoms with Crippen molar-refractivity contribution in [3.05, 3.63) is 52.0 Å². The summed E-state index contributed by atoms with van der Waals surface area (Å²) in [6, 6.07) is 9.85. The molecule has 2 unspecified atom stereocenters. The van der Waals surface area contributed by atoms with E-state index in [2.05, 4.69) is 15.9 Å². The van der Waals surface area contributed by atoms with Crippen LogP contribution in [0, 0.1) is 5.92 Å². The highest BCUT2D eigenvalue weighted by atomic mass is 79.9. The largest absolute Gasteiger partial charge is 0.493 e. The highest BCUT2D eigenvalue weighted by Gasteiger charge is 2.43. The lowest BCUT2D eigenvalue weighted by Crippen LogP contribution is -2.45. The van der Waals surface area contributed by atoms with Crippen molar-refractivity contribution < 1.29 is 24.2 Å². The number of amides is 1. The van der Waals surface area contributed by atoms with Gasteiger partial charge in [0, 0.05) is 36.4 Å². The first-order chi connectivity index (χ1) is 14.6. The molecule has 0 fully saturated rings. The maximum absolute atomic E-state index is 13.5. The molecule has 0 radical (unpaired) electrons. The van der Waals surface area contributed by atoms with Crippen LogP contribution in [0.4, 0.5) is 5.69 Å². The summed E-state index contributed by atoms with van der Waals surface area (Å²) in [5.41, 5.74) is 2.22. The number of benzene rings is 2. The maximum atomic E-state index is 13.5. The molecule has 1 aliphatic heterocycles. The molecule has 1 heterocycles. The zero-order valence-electron chi connectivity index (χ0n) is 18.3. The van der Waals surface area contributed by atoms with Crippen LogP contribution in [0.3, 0.4) is 0 Å². The molecule has 166 valence electrons. The lowest BCUT2D eigenvalue weighted by molar-refractivity contribution is -0.154. The Labute approximate surface area is 190 Å². The zero-order valence-corrected chi connectivity index (χ0v) is 19.8. The average Bonchev–Trinajstić information content (AvgIpc) is 2.82. The summed E-state index contributed by atoms with van der Waals surface area (Å²) in [4.78, 5) is 29.3. The number of carbonyl (C=O) groups excluding carboxylic acids is 1. The lowest BCUT2D eigenvalue weighted by Gasteiger charge is -2.30. The topological polar surface area (TPSA) is 79.3 Å². The van der Waals surface area contributed by atoms with Crippen LogP contribution >= 0.6 is 15.9 Å². The third kappa shape index (κ3) is 4.63. The van der Waals surface area contributed by atoms with Gasteiger partial charge in [-0.15, -0.1) is 0 Å². The van der Waals surface area contributed by atoms with Gasteiger partial charge in [-0.25, -0.2) is 4.79 Å². The molecule has 2 aromatic carbocycles. The van der Waals surface area contributed by atoms with Crippen molar-refractivity contribution in [1.29, 1.82) is 0 Å². The number of rotatable bonds is 6. The molecule has 0 aliphatic carbocycles. The minimum Gasteiger partial charge on any atom is -0.493 e. The molecule has 2 atom stereocenters. The second kappa shape index (κ2) is 9.18. The van der Waals surface area contributed by atoms with E-state index in [4.69, 9.17) is 9.47 Å². The average molecular weight is 491 g/mol. The van der Waals surface area contributed by atoms with Gasteiger partial charge in [-0.2, -0.15) is 0 Å². The number of hydrogen-bond acceptors (Lipinski definition) is 5. The number of fused-ring (bicyclic) bond motifs is 1. The monoisotopic (exact) mass is 490 g/mol. The Morgan fingerprint density at radius 3 is 2.42 bits per heavy atom. The van der Waals surface area contributed by atoms with Crippen LogP contribution in [0.15, 0.2) is 40.9 Å². The van der Waals surface area contributed by atoms with Gasteiger partial charge >= 0.3 is 5.97 Å². The first-order valence-corrected chi connectivity index (χ1v) is 10.8. The first-order valence-electron chi connectivity index (χ1n) is 9.97. The zero-order chi connectivity index (χ0) is 22.9. The Morgan fingerprint density at radius 2 is 1.90 bits per heavy atom. The van der Waals surface area contributed by atoms with E-state index in [0.717, 1.165) is 11.3 Å². The molecule has 0 saturated heterocycles. The van der Waals surface area contributed by atoms with E-state index in [-0.39, 0.29) is 24.1 Å². The highest BCUT2D eigenvalue weighted by molar-refractivity contribution is 9.10. The van der Waals surface area contributed by atoms with Gasteiger partial charge in [-0.1, -0.05) is 41.9 Å². The van der Waals surface area contributed by atoms with Crippen LogP contribution < -0.4 is 14.4 Å². The number of methoxy groups -OCH3 is 1. The Morgan fingerprint density at radius 1 is 1.26 bits per heavy atom. The molecule has 1 amide bonds. The van der Waals surface area contributed by atoms with E-state index in [9.17, 15) is 14.7 Å². The Kier molecular flexibility index (Phi) is 6.79. The van der Waals surface area contributed by atoms with Crippen molar-refractivity contribution in [1.82, 2.24) is 4.90 Å². The normalized spacial score (nSPS) is 18.3. The van der Waals surface area contributed by atoms with Crippen LogP contribution in [-0.4, -0.2) is 49.2 Å².